The molecule has 11 heteroatoms. The van der Waals surface area contributed by atoms with E-state index in [1.165, 1.54) is 19.1 Å². The summed E-state index contributed by atoms with van der Waals surface area (Å²) in [5.74, 6) is -0.539. The van der Waals surface area contributed by atoms with Crippen LogP contribution < -0.4 is 26.2 Å². The fourth-order valence-electron chi connectivity index (χ4n) is 5.47. The predicted octanol–water partition coefficient (Wildman–Crippen LogP) is 3.32. The second-order valence-electron chi connectivity index (χ2n) is 10.3. The molecule has 0 bridgehead atoms. The molecular weight excluding hydrogens is 511 g/mol. The van der Waals surface area contributed by atoms with Gasteiger partial charge in [0.2, 0.25) is 11.8 Å². The molecule has 0 spiro atoms. The van der Waals surface area contributed by atoms with Crippen molar-refractivity contribution in [3.05, 3.63) is 59.2 Å². The van der Waals surface area contributed by atoms with Crippen molar-refractivity contribution >= 4 is 29.1 Å². The van der Waals surface area contributed by atoms with Crippen LogP contribution in [-0.4, -0.2) is 56.5 Å². The highest BCUT2D eigenvalue weighted by atomic mass is 19.4. The van der Waals surface area contributed by atoms with Crippen LogP contribution in [0.1, 0.15) is 41.3 Å². The summed E-state index contributed by atoms with van der Waals surface area (Å²) in [5, 5.41) is 11.6. The van der Waals surface area contributed by atoms with E-state index in [4.69, 9.17) is 0 Å². The van der Waals surface area contributed by atoms with Crippen LogP contribution in [0.2, 0.25) is 0 Å². The minimum absolute atomic E-state index is 0.0845. The summed E-state index contributed by atoms with van der Waals surface area (Å²) in [6.45, 7) is 6.33. The molecule has 2 fully saturated rings. The minimum atomic E-state index is -4.55. The summed E-state index contributed by atoms with van der Waals surface area (Å²) in [6.07, 6.45) is -2.61. The Bertz CT molecular complexity index is 1210. The summed E-state index contributed by atoms with van der Waals surface area (Å²) >= 11 is 0. The molecule has 0 aliphatic carbocycles. The Labute approximate surface area is 225 Å². The number of alkyl halides is 3. The van der Waals surface area contributed by atoms with Crippen LogP contribution in [0.3, 0.4) is 0 Å². The largest absolute Gasteiger partial charge is 0.416 e. The van der Waals surface area contributed by atoms with Crippen molar-refractivity contribution in [1.29, 1.82) is 0 Å². The lowest BCUT2D eigenvalue weighted by molar-refractivity contribution is -0.137. The minimum Gasteiger partial charge on any atom is -0.372 e. The SMILES string of the molecule is CC(=O)Nc1ccc(N2CCC(C3CNC[C@@H]3NC(=O)CNC(=O)c3cccc(C(F)(F)F)c3)CC2)cc1C. The summed E-state index contributed by atoms with van der Waals surface area (Å²) < 4.78 is 38.8. The van der Waals surface area contributed by atoms with Crippen LogP contribution in [0.5, 0.6) is 0 Å². The Balaban J connectivity index is 1.26. The number of anilines is 2. The molecule has 2 aliphatic heterocycles. The van der Waals surface area contributed by atoms with E-state index in [1.54, 1.807) is 0 Å². The second-order valence-corrected chi connectivity index (χ2v) is 10.3. The van der Waals surface area contributed by atoms with Crippen molar-refractivity contribution in [1.82, 2.24) is 16.0 Å². The van der Waals surface area contributed by atoms with Crippen molar-refractivity contribution in [2.75, 3.05) is 42.9 Å². The smallest absolute Gasteiger partial charge is 0.372 e. The van der Waals surface area contributed by atoms with Crippen molar-refractivity contribution in [3.8, 4) is 0 Å². The zero-order chi connectivity index (χ0) is 28.2. The number of carbonyl (C=O) groups is 3. The molecule has 0 saturated carbocycles. The standard InChI is InChI=1S/C28H34F3N5O3/c1-17-12-22(6-7-24(17)34-18(2)37)36-10-8-19(9-11-36)23-14-32-15-25(23)35-26(38)16-33-27(39)20-4-3-5-21(13-20)28(29,30)31/h3-7,12-13,19,23,25,32H,8-11,14-16H2,1-2H3,(H,33,39)(H,34,37)(H,35,38)/t23?,25-/m0/s1. The highest BCUT2D eigenvalue weighted by Gasteiger charge is 2.36. The maximum absolute atomic E-state index is 12.9. The molecule has 2 aromatic rings. The van der Waals surface area contributed by atoms with Gasteiger partial charge in [-0.15, -0.1) is 0 Å². The molecule has 0 radical (unpaired) electrons. The molecule has 2 aliphatic rings. The topological polar surface area (TPSA) is 103 Å². The zero-order valence-electron chi connectivity index (χ0n) is 22.0. The number of nitrogens with zero attached hydrogens (tertiary/aromatic N) is 1. The lowest BCUT2D eigenvalue weighted by atomic mass is 9.81. The molecule has 1 unspecified atom stereocenters. The normalized spacial score (nSPS) is 20.0. The first-order chi connectivity index (χ1) is 18.5. The number of rotatable bonds is 7. The highest BCUT2D eigenvalue weighted by Crippen LogP contribution is 2.33. The summed E-state index contributed by atoms with van der Waals surface area (Å²) in [5.41, 5.74) is 1.87. The van der Waals surface area contributed by atoms with E-state index in [-0.39, 0.29) is 35.9 Å². The summed E-state index contributed by atoms with van der Waals surface area (Å²) in [7, 11) is 0. The van der Waals surface area contributed by atoms with Gasteiger partial charge in [-0.25, -0.2) is 0 Å². The van der Waals surface area contributed by atoms with Gasteiger partial charge in [0.15, 0.2) is 0 Å². The molecule has 210 valence electrons. The first-order valence-corrected chi connectivity index (χ1v) is 13.1. The number of hydrogen-bond acceptors (Lipinski definition) is 5. The fourth-order valence-corrected chi connectivity index (χ4v) is 5.47. The third kappa shape index (κ3) is 7.29. The molecule has 0 aromatic heterocycles. The molecule has 2 atom stereocenters. The number of piperidine rings is 1. The van der Waals surface area contributed by atoms with Crippen molar-refractivity contribution < 1.29 is 27.6 Å². The number of benzene rings is 2. The Morgan fingerprint density at radius 3 is 2.46 bits per heavy atom. The molecule has 39 heavy (non-hydrogen) atoms. The maximum atomic E-state index is 12.9. The molecule has 2 saturated heterocycles. The van der Waals surface area contributed by atoms with Gasteiger partial charge in [0.1, 0.15) is 0 Å². The number of amides is 3. The third-order valence-electron chi connectivity index (χ3n) is 7.50. The zero-order valence-corrected chi connectivity index (χ0v) is 22.0. The number of halogens is 3. The molecule has 8 nitrogen and oxygen atoms in total. The van der Waals surface area contributed by atoms with Gasteiger partial charge in [-0.1, -0.05) is 6.07 Å². The van der Waals surface area contributed by atoms with Crippen molar-refractivity contribution in [3.63, 3.8) is 0 Å². The van der Waals surface area contributed by atoms with Gasteiger partial charge in [-0.3, -0.25) is 14.4 Å². The summed E-state index contributed by atoms with van der Waals surface area (Å²) in [4.78, 5) is 38.6. The number of aryl methyl sites for hydroxylation is 1. The molecule has 3 amide bonds. The average molecular weight is 546 g/mol. The van der Waals surface area contributed by atoms with E-state index in [2.05, 4.69) is 32.2 Å². The lowest BCUT2D eigenvalue weighted by Gasteiger charge is -2.38. The van der Waals surface area contributed by atoms with E-state index in [0.717, 1.165) is 61.5 Å². The van der Waals surface area contributed by atoms with Crippen molar-refractivity contribution in [2.24, 2.45) is 11.8 Å². The average Bonchev–Trinajstić information content (AvgIpc) is 3.36. The van der Waals surface area contributed by atoms with Crippen LogP contribution in [0.15, 0.2) is 42.5 Å². The van der Waals surface area contributed by atoms with Crippen LogP contribution in [0.25, 0.3) is 0 Å². The van der Waals surface area contributed by atoms with E-state index in [0.29, 0.717) is 12.5 Å². The predicted molar refractivity (Wildman–Crippen MR) is 142 cm³/mol. The molecule has 2 heterocycles. The quantitative estimate of drug-likeness (QED) is 0.428. The van der Waals surface area contributed by atoms with Crippen LogP contribution in [0.4, 0.5) is 24.5 Å². The monoisotopic (exact) mass is 545 g/mol. The molecule has 4 rings (SSSR count). The lowest BCUT2D eigenvalue weighted by Crippen LogP contribution is -2.48. The van der Waals surface area contributed by atoms with Gasteiger partial charge in [0.05, 0.1) is 12.1 Å². The Hall–Kier alpha value is -3.60. The third-order valence-corrected chi connectivity index (χ3v) is 7.50. The molecule has 2 aromatic carbocycles. The first kappa shape index (κ1) is 28.4. The van der Waals surface area contributed by atoms with Crippen LogP contribution in [-0.2, 0) is 15.8 Å². The van der Waals surface area contributed by atoms with E-state index in [9.17, 15) is 27.6 Å². The second kappa shape index (κ2) is 12.1. The molecular formula is C28H34F3N5O3. The Kier molecular flexibility index (Phi) is 8.79. The first-order valence-electron chi connectivity index (χ1n) is 13.1. The van der Waals surface area contributed by atoms with Crippen LogP contribution in [0, 0.1) is 18.8 Å². The van der Waals surface area contributed by atoms with Gasteiger partial charge >= 0.3 is 6.18 Å². The Morgan fingerprint density at radius 2 is 1.79 bits per heavy atom. The number of hydrogen-bond donors (Lipinski definition) is 4. The molecule has 4 N–H and O–H groups in total. The maximum Gasteiger partial charge on any atom is 0.416 e. The number of nitrogens with one attached hydrogen (secondary N) is 4. The van der Waals surface area contributed by atoms with Crippen molar-refractivity contribution in [2.45, 2.75) is 38.9 Å². The van der Waals surface area contributed by atoms with Gasteiger partial charge in [0.25, 0.3) is 5.91 Å². The Morgan fingerprint density at radius 1 is 1.05 bits per heavy atom. The van der Waals surface area contributed by atoms with E-state index < -0.39 is 17.6 Å². The van der Waals surface area contributed by atoms with E-state index in [1.807, 2.05) is 19.1 Å². The van der Waals surface area contributed by atoms with E-state index >= 15 is 0 Å². The van der Waals surface area contributed by atoms with Crippen LogP contribution >= 0.6 is 0 Å². The van der Waals surface area contributed by atoms with Gasteiger partial charge < -0.3 is 26.2 Å². The highest BCUT2D eigenvalue weighted by molar-refractivity contribution is 5.96. The van der Waals surface area contributed by atoms with Gasteiger partial charge in [0, 0.05) is 56.1 Å². The van der Waals surface area contributed by atoms with Gasteiger partial charge in [-0.2, -0.15) is 13.2 Å². The number of carbonyl (C=O) groups excluding carboxylic acids is 3. The van der Waals surface area contributed by atoms with Gasteiger partial charge in [-0.05, 0) is 73.6 Å². The fraction of sp³-hybridized carbons (Fsp3) is 0.464. The summed E-state index contributed by atoms with van der Waals surface area (Å²) in [6, 6.07) is 10.1.